The Morgan fingerprint density at radius 3 is 2.73 bits per heavy atom. The summed E-state index contributed by atoms with van der Waals surface area (Å²) in [6.45, 7) is 0. The van der Waals surface area contributed by atoms with Gasteiger partial charge in [0.05, 0.1) is 23.6 Å². The molecule has 2 aromatic rings. The number of nitrogens with zero attached hydrogens (tertiary/aromatic N) is 1. The smallest absolute Gasteiger partial charge is 0.208 e. The van der Waals surface area contributed by atoms with Crippen molar-refractivity contribution in [2.45, 2.75) is 24.5 Å². The van der Waals surface area contributed by atoms with Gasteiger partial charge in [-0.1, -0.05) is 11.6 Å². The molecule has 2 saturated carbocycles. The zero-order valence-corrected chi connectivity index (χ0v) is 13.4. The highest BCUT2D eigenvalue weighted by Gasteiger charge is 2.62. The number of fused-ring (bicyclic) bond motifs is 2. The lowest BCUT2D eigenvalue weighted by Crippen LogP contribution is -2.32. The fourth-order valence-electron chi connectivity index (χ4n) is 3.91. The predicted molar refractivity (Wildman–Crippen MR) is 83.0 cm³/mol. The van der Waals surface area contributed by atoms with E-state index in [1.54, 1.807) is 18.3 Å². The quantitative estimate of drug-likeness (QED) is 0.785. The molecule has 2 aliphatic carbocycles. The van der Waals surface area contributed by atoms with Crippen molar-refractivity contribution in [3.8, 4) is 0 Å². The topological polar surface area (TPSA) is 95.1 Å². The summed E-state index contributed by atoms with van der Waals surface area (Å²) >= 11 is 6.13. The fourth-order valence-corrected chi connectivity index (χ4v) is 4.97. The molecule has 0 saturated heterocycles. The number of benzene rings is 1. The number of aromatic amines is 1. The van der Waals surface area contributed by atoms with E-state index in [1.807, 2.05) is 0 Å². The van der Waals surface area contributed by atoms with Gasteiger partial charge in [-0.15, -0.1) is 0 Å². The van der Waals surface area contributed by atoms with Crippen LogP contribution in [0.4, 0.5) is 0 Å². The molecule has 4 atom stereocenters. The monoisotopic (exact) mass is 341 g/mol. The van der Waals surface area contributed by atoms with Crippen LogP contribution in [-0.2, 0) is 15.6 Å². The molecule has 22 heavy (non-hydrogen) atoms. The van der Waals surface area contributed by atoms with Crippen molar-refractivity contribution in [1.82, 2.24) is 14.9 Å². The molecule has 118 valence electrons. The Labute approximate surface area is 132 Å². The van der Waals surface area contributed by atoms with Gasteiger partial charge in [-0.05, 0) is 42.4 Å². The number of nitrogens with one attached hydrogen (secondary N) is 2. The summed E-state index contributed by atoms with van der Waals surface area (Å²) in [5.74, 6) is 0.362. The van der Waals surface area contributed by atoms with E-state index in [0.717, 1.165) is 16.5 Å². The Morgan fingerprint density at radius 2 is 2.09 bits per heavy atom. The first-order valence-corrected chi connectivity index (χ1v) is 9.37. The second kappa shape index (κ2) is 4.44. The molecule has 3 N–H and O–H groups in total. The number of aromatic nitrogens is 2. The molecule has 1 aromatic carbocycles. The normalized spacial score (nSPS) is 34.0. The summed E-state index contributed by atoms with van der Waals surface area (Å²) in [6.07, 6.45) is 3.92. The van der Waals surface area contributed by atoms with Crippen molar-refractivity contribution in [1.29, 1.82) is 0 Å². The number of sulfonamides is 1. The summed E-state index contributed by atoms with van der Waals surface area (Å²) in [7, 11) is -3.21. The van der Waals surface area contributed by atoms with E-state index < -0.39 is 15.6 Å². The van der Waals surface area contributed by atoms with Crippen LogP contribution >= 0.6 is 11.6 Å². The minimum absolute atomic E-state index is 0.0469. The Kier molecular flexibility index (Phi) is 2.92. The molecule has 1 heterocycles. The van der Waals surface area contributed by atoms with Crippen molar-refractivity contribution in [2.75, 3.05) is 6.26 Å². The summed E-state index contributed by atoms with van der Waals surface area (Å²) in [5, 5.41) is 19.3. The highest BCUT2D eigenvalue weighted by Crippen LogP contribution is 2.60. The lowest BCUT2D eigenvalue weighted by atomic mass is 9.86. The van der Waals surface area contributed by atoms with Crippen molar-refractivity contribution < 1.29 is 13.5 Å². The van der Waals surface area contributed by atoms with E-state index in [0.29, 0.717) is 17.9 Å². The third kappa shape index (κ3) is 2.23. The lowest BCUT2D eigenvalue weighted by Gasteiger charge is -2.27. The van der Waals surface area contributed by atoms with E-state index in [1.165, 1.54) is 6.26 Å². The van der Waals surface area contributed by atoms with Gasteiger partial charge in [0.15, 0.2) is 0 Å². The van der Waals surface area contributed by atoms with E-state index in [-0.39, 0.29) is 17.9 Å². The summed E-state index contributed by atoms with van der Waals surface area (Å²) in [5.41, 5.74) is 0.592. The zero-order valence-electron chi connectivity index (χ0n) is 11.9. The summed E-state index contributed by atoms with van der Waals surface area (Å²) in [4.78, 5) is 0. The Bertz CT molecular complexity index is 851. The number of halogens is 1. The molecular weight excluding hydrogens is 326 g/mol. The first-order chi connectivity index (χ1) is 10.3. The number of rotatable bonds is 3. The maximum Gasteiger partial charge on any atom is 0.208 e. The minimum Gasteiger partial charge on any atom is -0.385 e. The van der Waals surface area contributed by atoms with Gasteiger partial charge < -0.3 is 5.11 Å². The molecule has 0 aliphatic heterocycles. The van der Waals surface area contributed by atoms with Gasteiger partial charge in [-0.25, -0.2) is 13.1 Å². The summed E-state index contributed by atoms with van der Waals surface area (Å²) < 4.78 is 25.3. The molecule has 0 unspecified atom stereocenters. The van der Waals surface area contributed by atoms with E-state index in [2.05, 4.69) is 14.9 Å². The number of hydrogen-bond donors (Lipinski definition) is 3. The molecule has 0 bridgehead atoms. The van der Waals surface area contributed by atoms with Crippen LogP contribution in [0.15, 0.2) is 18.3 Å². The fraction of sp³-hybridized carbons (Fsp3) is 0.500. The number of hydrogen-bond acceptors (Lipinski definition) is 4. The van der Waals surface area contributed by atoms with Crippen LogP contribution in [0.1, 0.15) is 18.4 Å². The standard InChI is InChI=1S/C14H16ClN3O3S/c1-22(20,21)18-13-8-4-14(19,5-9(8)13)11-2-7(15)3-12-10(11)6-16-17-12/h2-3,6,8-9,13,18-19H,4-5H2,1H3,(H,16,17)/t8-,9+,13+,14-. The zero-order chi connectivity index (χ0) is 15.7. The van der Waals surface area contributed by atoms with E-state index in [4.69, 9.17) is 11.6 Å². The van der Waals surface area contributed by atoms with Crippen molar-refractivity contribution >= 4 is 32.5 Å². The number of H-pyrrole nitrogens is 1. The van der Waals surface area contributed by atoms with Crippen LogP contribution in [0.25, 0.3) is 10.9 Å². The van der Waals surface area contributed by atoms with Gasteiger partial charge in [0.25, 0.3) is 0 Å². The van der Waals surface area contributed by atoms with Gasteiger partial charge in [0, 0.05) is 16.5 Å². The molecule has 4 rings (SSSR count). The molecule has 2 fully saturated rings. The Morgan fingerprint density at radius 1 is 1.41 bits per heavy atom. The van der Waals surface area contributed by atoms with E-state index >= 15 is 0 Å². The maximum absolute atomic E-state index is 11.3. The minimum atomic E-state index is -3.21. The number of aliphatic hydroxyl groups is 1. The second-order valence-corrected chi connectivity index (χ2v) is 8.68. The average molecular weight is 342 g/mol. The molecular formula is C14H16ClN3O3S. The Balaban J connectivity index is 1.64. The molecule has 6 nitrogen and oxygen atoms in total. The first-order valence-electron chi connectivity index (χ1n) is 7.10. The van der Waals surface area contributed by atoms with Crippen molar-refractivity contribution in [3.63, 3.8) is 0 Å². The largest absolute Gasteiger partial charge is 0.385 e. The maximum atomic E-state index is 11.3. The van der Waals surface area contributed by atoms with Crippen LogP contribution in [0.3, 0.4) is 0 Å². The average Bonchev–Trinajstić information content (AvgIpc) is 2.83. The lowest BCUT2D eigenvalue weighted by molar-refractivity contribution is 0.0303. The van der Waals surface area contributed by atoms with Crippen LogP contribution in [0, 0.1) is 11.8 Å². The highest BCUT2D eigenvalue weighted by molar-refractivity contribution is 7.88. The predicted octanol–water partition coefficient (Wildman–Crippen LogP) is 1.36. The molecule has 8 heteroatoms. The van der Waals surface area contributed by atoms with Gasteiger partial charge >= 0.3 is 0 Å². The first kappa shape index (κ1) is 14.4. The van der Waals surface area contributed by atoms with Gasteiger partial charge in [-0.3, -0.25) is 5.10 Å². The van der Waals surface area contributed by atoms with Gasteiger partial charge in [0.2, 0.25) is 10.0 Å². The van der Waals surface area contributed by atoms with Crippen LogP contribution < -0.4 is 4.72 Å². The van der Waals surface area contributed by atoms with Crippen LogP contribution in [0.2, 0.25) is 5.02 Å². The van der Waals surface area contributed by atoms with Crippen LogP contribution in [-0.4, -0.2) is 36.0 Å². The molecule has 2 aliphatic rings. The van der Waals surface area contributed by atoms with Gasteiger partial charge in [-0.2, -0.15) is 5.10 Å². The van der Waals surface area contributed by atoms with E-state index in [9.17, 15) is 13.5 Å². The Hall–Kier alpha value is -1.15. The van der Waals surface area contributed by atoms with Crippen LogP contribution in [0.5, 0.6) is 0 Å². The summed E-state index contributed by atoms with van der Waals surface area (Å²) in [6, 6.07) is 3.51. The second-order valence-electron chi connectivity index (χ2n) is 6.47. The molecule has 1 aromatic heterocycles. The third-order valence-corrected chi connectivity index (χ3v) is 5.77. The van der Waals surface area contributed by atoms with Crippen molar-refractivity contribution in [3.05, 3.63) is 28.9 Å². The molecule has 0 amide bonds. The SMILES string of the molecule is CS(=O)(=O)N[C@H]1[C@@H]2C[C@](O)(c3cc(Cl)cc4[nH]ncc34)C[C@@H]21. The van der Waals surface area contributed by atoms with Gasteiger partial charge in [0.1, 0.15) is 0 Å². The highest BCUT2D eigenvalue weighted by atomic mass is 35.5. The molecule has 0 radical (unpaired) electrons. The molecule has 0 spiro atoms. The van der Waals surface area contributed by atoms with Crippen molar-refractivity contribution in [2.24, 2.45) is 11.8 Å². The third-order valence-electron chi connectivity index (χ3n) is 4.85.